The number of rotatable bonds is 10. The van der Waals surface area contributed by atoms with Crippen LogP contribution in [0.3, 0.4) is 0 Å². The lowest BCUT2D eigenvalue weighted by Gasteiger charge is -2.26. The monoisotopic (exact) mass is 479 g/mol. The molecular formula is C27H33N3O5. The van der Waals surface area contributed by atoms with Crippen LogP contribution in [-0.4, -0.2) is 53.8 Å². The summed E-state index contributed by atoms with van der Waals surface area (Å²) in [6.07, 6.45) is 4.00. The lowest BCUT2D eigenvalue weighted by molar-refractivity contribution is -0.141. The third-order valence-electron chi connectivity index (χ3n) is 6.78. The normalized spacial score (nSPS) is 16.6. The Kier molecular flexibility index (Phi) is 8.02. The van der Waals surface area contributed by atoms with Gasteiger partial charge in [0, 0.05) is 24.1 Å². The molecular weight excluding hydrogens is 446 g/mol. The van der Waals surface area contributed by atoms with E-state index in [0.717, 1.165) is 17.7 Å². The van der Waals surface area contributed by atoms with E-state index >= 15 is 0 Å². The van der Waals surface area contributed by atoms with Crippen LogP contribution >= 0.6 is 0 Å². The third kappa shape index (κ3) is 6.00. The van der Waals surface area contributed by atoms with Crippen LogP contribution < -0.4 is 10.5 Å². The molecule has 8 heteroatoms. The number of fused-ring (bicyclic) bond motifs is 1. The van der Waals surface area contributed by atoms with Crippen molar-refractivity contribution >= 4 is 17.8 Å². The Balaban J connectivity index is 1.39. The van der Waals surface area contributed by atoms with Crippen molar-refractivity contribution < 1.29 is 23.9 Å². The number of primary amides is 1. The van der Waals surface area contributed by atoms with E-state index in [2.05, 4.69) is 33.9 Å². The van der Waals surface area contributed by atoms with Crippen molar-refractivity contribution in [1.82, 2.24) is 9.80 Å². The Morgan fingerprint density at radius 2 is 1.74 bits per heavy atom. The van der Waals surface area contributed by atoms with Crippen LogP contribution in [0, 0.1) is 0 Å². The molecule has 0 unspecified atom stereocenters. The summed E-state index contributed by atoms with van der Waals surface area (Å²) in [5.74, 6) is -0.790. The van der Waals surface area contributed by atoms with Gasteiger partial charge in [-0.3, -0.25) is 19.3 Å². The van der Waals surface area contributed by atoms with E-state index in [1.165, 1.54) is 49.9 Å². The van der Waals surface area contributed by atoms with Crippen molar-refractivity contribution in [2.75, 3.05) is 20.2 Å². The molecule has 2 aromatic carbocycles. The summed E-state index contributed by atoms with van der Waals surface area (Å²) in [4.78, 5) is 40.6. The molecule has 8 nitrogen and oxygen atoms in total. The molecule has 0 bridgehead atoms. The summed E-state index contributed by atoms with van der Waals surface area (Å²) in [7, 11) is 1.28. The summed E-state index contributed by atoms with van der Waals surface area (Å²) >= 11 is 0. The van der Waals surface area contributed by atoms with Gasteiger partial charge in [0.15, 0.2) is 0 Å². The molecule has 2 aromatic rings. The first-order valence-electron chi connectivity index (χ1n) is 12.2. The van der Waals surface area contributed by atoms with E-state index in [-0.39, 0.29) is 25.3 Å². The minimum Gasteiger partial charge on any atom is -0.489 e. The van der Waals surface area contributed by atoms with Crippen molar-refractivity contribution in [1.29, 1.82) is 0 Å². The van der Waals surface area contributed by atoms with E-state index in [1.807, 2.05) is 6.07 Å². The molecule has 2 heterocycles. The lowest BCUT2D eigenvalue weighted by atomic mass is 10.1. The zero-order valence-electron chi connectivity index (χ0n) is 20.2. The number of likely N-dealkylation sites (tertiary alicyclic amines) is 1. The highest BCUT2D eigenvalue weighted by Crippen LogP contribution is 2.33. The molecule has 4 rings (SSSR count). The summed E-state index contributed by atoms with van der Waals surface area (Å²) in [5.41, 5.74) is 9.12. The molecule has 2 amide bonds. The predicted octanol–water partition coefficient (Wildman–Crippen LogP) is 3.01. The number of carbonyl (C=O) groups is 3. The molecule has 1 atom stereocenters. The van der Waals surface area contributed by atoms with Crippen molar-refractivity contribution in [2.24, 2.45) is 5.73 Å². The molecule has 186 valence electrons. The first-order valence-corrected chi connectivity index (χ1v) is 12.2. The van der Waals surface area contributed by atoms with E-state index in [4.69, 9.17) is 10.5 Å². The lowest BCUT2D eigenvalue weighted by Crippen LogP contribution is -2.45. The Hall–Kier alpha value is -3.39. The molecule has 0 aliphatic carbocycles. The Labute approximate surface area is 206 Å². The summed E-state index contributed by atoms with van der Waals surface area (Å²) in [5, 5.41) is 0. The molecule has 2 aliphatic heterocycles. The highest BCUT2D eigenvalue weighted by atomic mass is 16.5. The molecule has 0 aromatic heterocycles. The van der Waals surface area contributed by atoms with E-state index in [9.17, 15) is 14.4 Å². The fourth-order valence-electron chi connectivity index (χ4n) is 4.80. The Morgan fingerprint density at radius 3 is 2.43 bits per heavy atom. The molecule has 35 heavy (non-hydrogen) atoms. The van der Waals surface area contributed by atoms with Gasteiger partial charge in [0.1, 0.15) is 18.4 Å². The van der Waals surface area contributed by atoms with E-state index < -0.39 is 17.9 Å². The maximum absolute atomic E-state index is 13.0. The summed E-state index contributed by atoms with van der Waals surface area (Å²) < 4.78 is 10.8. The second-order valence-electron chi connectivity index (χ2n) is 9.19. The first-order chi connectivity index (χ1) is 17.0. The Bertz CT molecular complexity index is 1060. The number of hydrogen-bond acceptors (Lipinski definition) is 6. The topological polar surface area (TPSA) is 102 Å². The number of hydrogen-bond donors (Lipinski definition) is 1. The second kappa shape index (κ2) is 11.4. The van der Waals surface area contributed by atoms with Crippen molar-refractivity contribution in [3.8, 4) is 5.75 Å². The average molecular weight is 480 g/mol. The molecule has 2 N–H and O–H groups in total. The van der Waals surface area contributed by atoms with Gasteiger partial charge in [-0.15, -0.1) is 0 Å². The predicted molar refractivity (Wildman–Crippen MR) is 130 cm³/mol. The maximum atomic E-state index is 13.0. The van der Waals surface area contributed by atoms with Crippen LogP contribution in [0.2, 0.25) is 0 Å². The first kappa shape index (κ1) is 24.7. The maximum Gasteiger partial charge on any atom is 0.305 e. The molecule has 1 fully saturated rings. The molecule has 0 saturated carbocycles. The van der Waals surface area contributed by atoms with E-state index in [0.29, 0.717) is 17.9 Å². The zero-order valence-corrected chi connectivity index (χ0v) is 20.2. The second-order valence-corrected chi connectivity index (χ2v) is 9.19. The quantitative estimate of drug-likeness (QED) is 0.526. The molecule has 1 saturated heterocycles. The zero-order chi connectivity index (χ0) is 24.8. The van der Waals surface area contributed by atoms with Gasteiger partial charge in [0.25, 0.3) is 5.91 Å². The molecule has 2 aliphatic rings. The average Bonchev–Trinajstić information content (AvgIpc) is 3.20. The standard InChI is InChI=1S/C27H33N3O5/c1-34-25(31)13-12-23(26(28)32)30-17-22-21(27(30)33)6-5-7-24(22)35-18-20-10-8-19(9-11-20)16-29-14-3-2-4-15-29/h5-11,23H,2-4,12-18H2,1H3,(H2,28,32)/t23-/m0/s1. The summed E-state index contributed by atoms with van der Waals surface area (Å²) in [6, 6.07) is 12.9. The van der Waals surface area contributed by atoms with Gasteiger partial charge < -0.3 is 20.1 Å². The van der Waals surface area contributed by atoms with Crippen molar-refractivity contribution in [3.63, 3.8) is 0 Å². The van der Waals surface area contributed by atoms with Gasteiger partial charge >= 0.3 is 5.97 Å². The molecule has 0 radical (unpaired) electrons. The minimum atomic E-state index is -0.894. The highest BCUT2D eigenvalue weighted by Gasteiger charge is 2.37. The van der Waals surface area contributed by atoms with Gasteiger partial charge in [-0.2, -0.15) is 0 Å². The van der Waals surface area contributed by atoms with Gasteiger partial charge in [-0.1, -0.05) is 36.8 Å². The third-order valence-corrected chi connectivity index (χ3v) is 6.78. The van der Waals surface area contributed by atoms with E-state index in [1.54, 1.807) is 12.1 Å². The number of benzene rings is 2. The van der Waals surface area contributed by atoms with Crippen LogP contribution in [0.5, 0.6) is 5.75 Å². The number of nitrogens with two attached hydrogens (primary N) is 1. The number of nitrogens with zero attached hydrogens (tertiary/aromatic N) is 2. The largest absolute Gasteiger partial charge is 0.489 e. The fraction of sp³-hybridized carbons (Fsp3) is 0.444. The van der Waals surface area contributed by atoms with Gasteiger partial charge in [0.05, 0.1) is 13.7 Å². The van der Waals surface area contributed by atoms with Gasteiger partial charge in [0.2, 0.25) is 5.91 Å². The van der Waals surface area contributed by atoms with Crippen LogP contribution in [0.1, 0.15) is 59.2 Å². The van der Waals surface area contributed by atoms with Crippen LogP contribution in [0.15, 0.2) is 42.5 Å². The minimum absolute atomic E-state index is 0.00133. The smallest absolute Gasteiger partial charge is 0.305 e. The number of methoxy groups -OCH3 is 1. The Morgan fingerprint density at radius 1 is 1.03 bits per heavy atom. The summed E-state index contributed by atoms with van der Waals surface area (Å²) in [6.45, 7) is 3.88. The molecule has 0 spiro atoms. The number of ether oxygens (including phenoxy) is 2. The highest BCUT2D eigenvalue weighted by molar-refractivity contribution is 6.01. The van der Waals surface area contributed by atoms with Gasteiger partial charge in [-0.05, 0) is 55.6 Å². The SMILES string of the molecule is COC(=O)CC[C@@H](C(N)=O)N1Cc2c(OCc3ccc(CN4CCCCC4)cc3)cccc2C1=O. The van der Waals surface area contributed by atoms with Crippen LogP contribution in [-0.2, 0) is 34.0 Å². The van der Waals surface area contributed by atoms with Crippen molar-refractivity contribution in [3.05, 3.63) is 64.7 Å². The van der Waals surface area contributed by atoms with Crippen LogP contribution in [0.4, 0.5) is 0 Å². The fourth-order valence-corrected chi connectivity index (χ4v) is 4.80. The van der Waals surface area contributed by atoms with Gasteiger partial charge in [-0.25, -0.2) is 0 Å². The van der Waals surface area contributed by atoms with Crippen LogP contribution in [0.25, 0.3) is 0 Å². The number of esters is 1. The van der Waals surface area contributed by atoms with Crippen molar-refractivity contribution in [2.45, 2.75) is 57.8 Å². The number of piperidine rings is 1. The number of amides is 2. The number of carbonyl (C=O) groups excluding carboxylic acids is 3.